The molecule has 0 aromatic heterocycles. The topological polar surface area (TPSA) is 35.5 Å². The van der Waals surface area contributed by atoms with Crippen molar-refractivity contribution < 1.29 is 14.3 Å². The molecule has 0 atom stereocenters. The molecular formula is C23H21ClO3. The molecule has 0 fully saturated rings. The molecule has 0 aliphatic heterocycles. The van der Waals surface area contributed by atoms with E-state index in [9.17, 15) is 4.79 Å². The molecule has 27 heavy (non-hydrogen) atoms. The van der Waals surface area contributed by atoms with Crippen LogP contribution in [0.2, 0.25) is 5.02 Å². The highest BCUT2D eigenvalue weighted by atomic mass is 35.5. The Morgan fingerprint density at radius 2 is 1.48 bits per heavy atom. The normalized spacial score (nSPS) is 10.6. The van der Waals surface area contributed by atoms with Crippen LogP contribution in [-0.2, 0) is 17.8 Å². The maximum absolute atomic E-state index is 12.4. The van der Waals surface area contributed by atoms with Crippen molar-refractivity contribution in [2.45, 2.75) is 13.0 Å². The van der Waals surface area contributed by atoms with Gasteiger partial charge in [0.25, 0.3) is 0 Å². The van der Waals surface area contributed by atoms with Crippen molar-refractivity contribution in [2.24, 2.45) is 0 Å². The summed E-state index contributed by atoms with van der Waals surface area (Å²) in [5.74, 6) is 0.788. The Bertz CT molecular complexity index is 843. The van der Waals surface area contributed by atoms with Crippen LogP contribution in [0.3, 0.4) is 0 Å². The lowest BCUT2D eigenvalue weighted by Crippen LogP contribution is -2.07. The van der Waals surface area contributed by atoms with E-state index in [2.05, 4.69) is 0 Å². The van der Waals surface area contributed by atoms with Crippen LogP contribution in [0.25, 0.3) is 0 Å². The molecule has 0 unspecified atom stereocenters. The van der Waals surface area contributed by atoms with E-state index >= 15 is 0 Å². The molecule has 0 radical (unpaired) electrons. The maximum atomic E-state index is 12.4. The van der Waals surface area contributed by atoms with Crippen molar-refractivity contribution >= 4 is 17.4 Å². The summed E-state index contributed by atoms with van der Waals surface area (Å²) in [6, 6.07) is 24.5. The summed E-state index contributed by atoms with van der Waals surface area (Å²) in [4.78, 5) is 12.4. The summed E-state index contributed by atoms with van der Waals surface area (Å²) in [5, 5.41) is 0.667. The van der Waals surface area contributed by atoms with Crippen LogP contribution < -0.4 is 4.74 Å². The van der Waals surface area contributed by atoms with Gasteiger partial charge in [-0.2, -0.15) is 0 Å². The minimum absolute atomic E-state index is 0.0649. The first-order chi connectivity index (χ1) is 13.2. The Hall–Kier alpha value is -2.62. The zero-order valence-corrected chi connectivity index (χ0v) is 15.7. The molecule has 3 aromatic carbocycles. The fraction of sp³-hybridized carbons (Fsp3) is 0.174. The molecule has 0 N–H and O–H groups in total. The zero-order chi connectivity index (χ0) is 18.9. The van der Waals surface area contributed by atoms with Crippen molar-refractivity contribution in [1.82, 2.24) is 0 Å². The molecule has 0 spiro atoms. The molecule has 0 bridgehead atoms. The van der Waals surface area contributed by atoms with E-state index in [1.165, 1.54) is 0 Å². The molecule has 3 rings (SSSR count). The summed E-state index contributed by atoms with van der Waals surface area (Å²) < 4.78 is 11.2. The second-order valence-corrected chi connectivity index (χ2v) is 6.57. The van der Waals surface area contributed by atoms with Gasteiger partial charge in [-0.15, -0.1) is 0 Å². The smallest absolute Gasteiger partial charge is 0.167 e. The molecule has 0 amide bonds. The molecule has 0 saturated carbocycles. The highest BCUT2D eigenvalue weighted by molar-refractivity contribution is 6.30. The molecule has 0 aliphatic carbocycles. The van der Waals surface area contributed by atoms with Crippen LogP contribution in [0.15, 0.2) is 78.9 Å². The average molecular weight is 381 g/mol. The second kappa shape index (κ2) is 9.91. The van der Waals surface area contributed by atoms with E-state index in [0.717, 1.165) is 16.9 Å². The number of carbonyl (C=O) groups excluding carboxylic acids is 1. The van der Waals surface area contributed by atoms with Gasteiger partial charge in [-0.05, 0) is 47.5 Å². The van der Waals surface area contributed by atoms with Crippen molar-refractivity contribution in [3.8, 4) is 5.75 Å². The van der Waals surface area contributed by atoms with E-state index < -0.39 is 0 Å². The minimum Gasteiger partial charge on any atom is -0.491 e. The Balaban J connectivity index is 1.41. The summed E-state index contributed by atoms with van der Waals surface area (Å²) in [6.07, 6.45) is 0.352. The van der Waals surface area contributed by atoms with Crippen molar-refractivity contribution in [2.75, 3.05) is 13.2 Å². The van der Waals surface area contributed by atoms with Crippen molar-refractivity contribution in [3.05, 3.63) is 101 Å². The fourth-order valence-corrected chi connectivity index (χ4v) is 2.74. The summed E-state index contributed by atoms with van der Waals surface area (Å²) in [7, 11) is 0. The van der Waals surface area contributed by atoms with Crippen LogP contribution >= 0.6 is 11.6 Å². The first-order valence-corrected chi connectivity index (χ1v) is 9.21. The number of ketones is 1. The van der Waals surface area contributed by atoms with Gasteiger partial charge in [-0.1, -0.05) is 54.1 Å². The Labute approximate surface area is 164 Å². The number of halogens is 1. The van der Waals surface area contributed by atoms with Gasteiger partial charge in [-0.25, -0.2) is 0 Å². The molecule has 0 heterocycles. The highest BCUT2D eigenvalue weighted by Gasteiger charge is 2.07. The minimum atomic E-state index is 0.0649. The predicted octanol–water partition coefficient (Wildman–Crippen LogP) is 5.36. The molecule has 3 nitrogen and oxygen atoms in total. The number of hydrogen-bond donors (Lipinski definition) is 0. The van der Waals surface area contributed by atoms with Gasteiger partial charge >= 0.3 is 0 Å². The summed E-state index contributed by atoms with van der Waals surface area (Å²) in [6.45, 7) is 1.54. The van der Waals surface area contributed by atoms with Crippen LogP contribution in [0, 0.1) is 0 Å². The van der Waals surface area contributed by atoms with Gasteiger partial charge in [0.2, 0.25) is 0 Å². The van der Waals surface area contributed by atoms with Crippen LogP contribution in [-0.4, -0.2) is 19.0 Å². The van der Waals surface area contributed by atoms with E-state index in [0.29, 0.717) is 36.8 Å². The highest BCUT2D eigenvalue weighted by Crippen LogP contribution is 2.16. The molecule has 3 aromatic rings. The fourth-order valence-electron chi connectivity index (χ4n) is 2.61. The number of carbonyl (C=O) groups is 1. The van der Waals surface area contributed by atoms with Crippen LogP contribution in [0.1, 0.15) is 21.5 Å². The van der Waals surface area contributed by atoms with Crippen LogP contribution in [0.5, 0.6) is 5.75 Å². The first kappa shape index (κ1) is 19.2. The molecule has 138 valence electrons. The predicted molar refractivity (Wildman–Crippen MR) is 108 cm³/mol. The lowest BCUT2D eigenvalue weighted by atomic mass is 10.0. The maximum Gasteiger partial charge on any atom is 0.167 e. The average Bonchev–Trinajstić information content (AvgIpc) is 2.71. The summed E-state index contributed by atoms with van der Waals surface area (Å²) >= 11 is 5.87. The monoisotopic (exact) mass is 380 g/mol. The lowest BCUT2D eigenvalue weighted by Gasteiger charge is -2.08. The van der Waals surface area contributed by atoms with E-state index in [-0.39, 0.29) is 5.78 Å². The quantitative estimate of drug-likeness (QED) is 0.370. The number of ether oxygens (including phenoxy) is 2. The van der Waals surface area contributed by atoms with Gasteiger partial charge in [0.05, 0.1) is 13.2 Å². The van der Waals surface area contributed by atoms with Gasteiger partial charge in [0.1, 0.15) is 12.4 Å². The van der Waals surface area contributed by atoms with Gasteiger partial charge < -0.3 is 9.47 Å². The first-order valence-electron chi connectivity index (χ1n) is 8.83. The Morgan fingerprint density at radius 1 is 0.778 bits per heavy atom. The number of rotatable bonds is 9. The standard InChI is InChI=1S/C23H21ClO3/c24-21-10-6-18(7-11-21)16-23(25)20-8-12-22(13-9-20)27-15-14-26-17-19-4-2-1-3-5-19/h1-13H,14-17H2. The van der Waals surface area contributed by atoms with E-state index in [4.69, 9.17) is 21.1 Å². The lowest BCUT2D eigenvalue weighted by molar-refractivity contribution is 0.0889. The van der Waals surface area contributed by atoms with Crippen LogP contribution in [0.4, 0.5) is 0 Å². The zero-order valence-electron chi connectivity index (χ0n) is 14.9. The van der Waals surface area contributed by atoms with Crippen molar-refractivity contribution in [1.29, 1.82) is 0 Å². The third kappa shape index (κ3) is 6.24. The Morgan fingerprint density at radius 3 is 2.19 bits per heavy atom. The van der Waals surface area contributed by atoms with Gasteiger partial charge in [0.15, 0.2) is 5.78 Å². The third-order valence-electron chi connectivity index (χ3n) is 4.06. The Kier molecular flexibility index (Phi) is 7.03. The number of benzene rings is 3. The van der Waals surface area contributed by atoms with E-state index in [1.807, 2.05) is 54.6 Å². The van der Waals surface area contributed by atoms with E-state index in [1.54, 1.807) is 24.3 Å². The largest absolute Gasteiger partial charge is 0.491 e. The van der Waals surface area contributed by atoms with Gasteiger partial charge in [0, 0.05) is 17.0 Å². The SMILES string of the molecule is O=C(Cc1ccc(Cl)cc1)c1ccc(OCCOCc2ccccc2)cc1. The third-order valence-corrected chi connectivity index (χ3v) is 4.31. The molecule has 0 saturated heterocycles. The number of hydrogen-bond acceptors (Lipinski definition) is 3. The molecule has 4 heteroatoms. The molecular weight excluding hydrogens is 360 g/mol. The molecule has 0 aliphatic rings. The number of Topliss-reactive ketones (excluding diaryl/α,β-unsaturated/α-hetero) is 1. The summed E-state index contributed by atoms with van der Waals surface area (Å²) in [5.41, 5.74) is 2.75. The second-order valence-electron chi connectivity index (χ2n) is 6.14. The van der Waals surface area contributed by atoms with Gasteiger partial charge in [-0.3, -0.25) is 4.79 Å². The van der Waals surface area contributed by atoms with Crippen molar-refractivity contribution in [3.63, 3.8) is 0 Å².